The van der Waals surface area contributed by atoms with Crippen molar-refractivity contribution < 1.29 is 19.1 Å². The summed E-state index contributed by atoms with van der Waals surface area (Å²) in [5, 5.41) is 0. The fourth-order valence-corrected chi connectivity index (χ4v) is 4.43. The van der Waals surface area contributed by atoms with Gasteiger partial charge in [-0.15, -0.1) is 0 Å². The molecule has 4 nitrogen and oxygen atoms in total. The smallest absolute Gasteiger partial charge is 0.334 e. The van der Waals surface area contributed by atoms with Gasteiger partial charge in [-0.3, -0.25) is 4.79 Å². The Morgan fingerprint density at radius 3 is 2.79 bits per heavy atom. The van der Waals surface area contributed by atoms with Crippen LogP contribution in [0.5, 0.6) is 0 Å². The second-order valence-electron chi connectivity index (χ2n) is 6.68. The van der Waals surface area contributed by atoms with Crippen molar-refractivity contribution in [1.29, 1.82) is 0 Å². The van der Waals surface area contributed by atoms with Crippen LogP contribution in [-0.2, 0) is 19.1 Å². The van der Waals surface area contributed by atoms with Crippen LogP contribution in [0.2, 0.25) is 0 Å². The first-order chi connectivity index (χ1) is 8.93. The summed E-state index contributed by atoms with van der Waals surface area (Å²) in [7, 11) is 0. The van der Waals surface area contributed by atoms with E-state index in [1.807, 2.05) is 6.92 Å². The maximum absolute atomic E-state index is 12.3. The molecule has 3 fully saturated rings. The van der Waals surface area contributed by atoms with E-state index >= 15 is 0 Å². The first kappa shape index (κ1) is 11.6. The third-order valence-corrected chi connectivity index (χ3v) is 5.63. The summed E-state index contributed by atoms with van der Waals surface area (Å²) in [5.41, 5.74) is 0.894. The Bertz CT molecular complexity index is 534. The van der Waals surface area contributed by atoms with Gasteiger partial charge in [0.25, 0.3) is 0 Å². The van der Waals surface area contributed by atoms with Crippen molar-refractivity contribution in [1.82, 2.24) is 0 Å². The van der Waals surface area contributed by atoms with Gasteiger partial charge in [0.1, 0.15) is 11.7 Å². The molecule has 0 spiro atoms. The molecule has 6 unspecified atom stereocenters. The van der Waals surface area contributed by atoms with Gasteiger partial charge in [0, 0.05) is 23.5 Å². The molecular formula is C15H18O4. The minimum absolute atomic E-state index is 0.0534. The van der Waals surface area contributed by atoms with E-state index in [-0.39, 0.29) is 35.5 Å². The van der Waals surface area contributed by atoms with Crippen LogP contribution in [0.4, 0.5) is 0 Å². The molecule has 2 aliphatic heterocycles. The lowest BCUT2D eigenvalue weighted by Crippen LogP contribution is -2.55. The predicted octanol–water partition coefficient (Wildman–Crippen LogP) is 1.63. The van der Waals surface area contributed by atoms with Gasteiger partial charge >= 0.3 is 5.97 Å². The molecule has 0 bridgehead atoms. The van der Waals surface area contributed by atoms with E-state index in [1.165, 1.54) is 0 Å². The van der Waals surface area contributed by atoms with Gasteiger partial charge < -0.3 is 9.47 Å². The van der Waals surface area contributed by atoms with E-state index in [9.17, 15) is 9.59 Å². The fraction of sp³-hybridized carbons (Fsp3) is 0.733. The molecule has 0 N–H and O–H groups in total. The van der Waals surface area contributed by atoms with Crippen molar-refractivity contribution in [3.05, 3.63) is 11.1 Å². The molecular weight excluding hydrogens is 244 g/mol. The molecule has 1 saturated heterocycles. The molecule has 6 atom stereocenters. The number of carbonyl (C=O) groups is 2. The normalized spacial score (nSPS) is 51.4. The number of carbonyl (C=O) groups excluding carboxylic acids is 2. The summed E-state index contributed by atoms with van der Waals surface area (Å²) in [6, 6.07) is 0. The standard InChI is InChI=1S/C15H18O4/c1-6-4-9(16)11-7(2)14(17)18-13-12(11)8(6)5-10-15(13,3)19-10/h6,8,10,12-13H,4-5H2,1-3H3. The zero-order valence-electron chi connectivity index (χ0n) is 11.4. The Kier molecular flexibility index (Phi) is 2.02. The number of epoxide rings is 1. The Hall–Kier alpha value is -1.16. The largest absolute Gasteiger partial charge is 0.455 e. The van der Waals surface area contributed by atoms with Gasteiger partial charge in [0.05, 0.1) is 6.10 Å². The van der Waals surface area contributed by atoms with E-state index in [1.54, 1.807) is 6.92 Å². The molecule has 0 aromatic rings. The van der Waals surface area contributed by atoms with Gasteiger partial charge in [-0.25, -0.2) is 4.79 Å². The second-order valence-corrected chi connectivity index (χ2v) is 6.68. The van der Waals surface area contributed by atoms with E-state index in [2.05, 4.69) is 6.92 Å². The molecule has 0 aromatic heterocycles. The average Bonchev–Trinajstić information content (AvgIpc) is 3.01. The van der Waals surface area contributed by atoms with Crippen LogP contribution in [0.15, 0.2) is 11.1 Å². The molecule has 0 radical (unpaired) electrons. The van der Waals surface area contributed by atoms with Crippen LogP contribution in [0.1, 0.15) is 33.6 Å². The number of hydrogen-bond donors (Lipinski definition) is 0. The van der Waals surface area contributed by atoms with E-state index in [4.69, 9.17) is 9.47 Å². The van der Waals surface area contributed by atoms with Crippen molar-refractivity contribution in [3.8, 4) is 0 Å². The first-order valence-corrected chi connectivity index (χ1v) is 7.06. The predicted molar refractivity (Wildman–Crippen MR) is 66.2 cm³/mol. The number of ketones is 1. The molecule has 19 heavy (non-hydrogen) atoms. The highest BCUT2D eigenvalue weighted by atomic mass is 16.6. The number of Topliss-reactive ketones (excluding diaryl/α,β-unsaturated/α-hetero) is 1. The Morgan fingerprint density at radius 1 is 1.32 bits per heavy atom. The lowest BCUT2D eigenvalue weighted by Gasteiger charge is -2.47. The third-order valence-electron chi connectivity index (χ3n) is 5.63. The monoisotopic (exact) mass is 262 g/mol. The summed E-state index contributed by atoms with van der Waals surface area (Å²) in [6.45, 7) is 5.86. The molecule has 0 aromatic carbocycles. The van der Waals surface area contributed by atoms with E-state index < -0.39 is 0 Å². The molecule has 4 heteroatoms. The lowest BCUT2D eigenvalue weighted by atomic mass is 9.58. The van der Waals surface area contributed by atoms with Crippen LogP contribution in [0.3, 0.4) is 0 Å². The topological polar surface area (TPSA) is 55.9 Å². The Balaban J connectivity index is 1.88. The zero-order chi connectivity index (χ0) is 13.5. The van der Waals surface area contributed by atoms with Crippen molar-refractivity contribution in [2.45, 2.75) is 51.4 Å². The number of hydrogen-bond acceptors (Lipinski definition) is 4. The number of fused-ring (bicyclic) bond motifs is 2. The van der Waals surface area contributed by atoms with Gasteiger partial charge in [-0.05, 0) is 32.1 Å². The highest BCUT2D eigenvalue weighted by molar-refractivity contribution is 6.05. The number of ether oxygens (including phenoxy) is 2. The van der Waals surface area contributed by atoms with Crippen molar-refractivity contribution >= 4 is 11.8 Å². The number of rotatable bonds is 0. The van der Waals surface area contributed by atoms with Crippen LogP contribution in [0, 0.1) is 17.8 Å². The lowest BCUT2D eigenvalue weighted by molar-refractivity contribution is -0.159. The molecule has 2 saturated carbocycles. The highest BCUT2D eigenvalue weighted by Crippen LogP contribution is 2.59. The SMILES string of the molecule is CC1=C2C(=O)CC(C)C3CC4OC4(C)C(OC1=O)C23. The van der Waals surface area contributed by atoms with Crippen LogP contribution in [-0.4, -0.2) is 29.6 Å². The van der Waals surface area contributed by atoms with Gasteiger partial charge in [0.15, 0.2) is 5.78 Å². The van der Waals surface area contributed by atoms with Crippen molar-refractivity contribution in [2.75, 3.05) is 0 Å². The first-order valence-electron chi connectivity index (χ1n) is 7.06. The minimum atomic E-state index is -0.361. The van der Waals surface area contributed by atoms with Crippen LogP contribution in [0.25, 0.3) is 0 Å². The average molecular weight is 262 g/mol. The quantitative estimate of drug-likeness (QED) is 0.492. The zero-order valence-corrected chi connectivity index (χ0v) is 11.4. The summed E-state index contributed by atoms with van der Waals surface area (Å²) in [4.78, 5) is 24.3. The van der Waals surface area contributed by atoms with Crippen LogP contribution >= 0.6 is 0 Å². The molecule has 0 amide bonds. The highest BCUT2D eigenvalue weighted by Gasteiger charge is 2.69. The molecule has 4 aliphatic rings. The molecule has 2 aliphatic carbocycles. The van der Waals surface area contributed by atoms with Crippen LogP contribution < -0.4 is 0 Å². The second kappa shape index (κ2) is 3.29. The minimum Gasteiger partial charge on any atom is -0.455 e. The van der Waals surface area contributed by atoms with Gasteiger partial charge in [-0.1, -0.05) is 6.92 Å². The summed E-state index contributed by atoms with van der Waals surface area (Å²) in [6.07, 6.45) is 1.47. The maximum Gasteiger partial charge on any atom is 0.334 e. The number of esters is 1. The van der Waals surface area contributed by atoms with Gasteiger partial charge in [-0.2, -0.15) is 0 Å². The Labute approximate surface area is 112 Å². The summed E-state index contributed by atoms with van der Waals surface area (Å²) >= 11 is 0. The summed E-state index contributed by atoms with van der Waals surface area (Å²) in [5.74, 6) is 0.604. The van der Waals surface area contributed by atoms with Gasteiger partial charge in [0.2, 0.25) is 0 Å². The summed E-state index contributed by atoms with van der Waals surface area (Å²) < 4.78 is 11.4. The Morgan fingerprint density at radius 2 is 2.05 bits per heavy atom. The molecule has 2 heterocycles. The van der Waals surface area contributed by atoms with Crippen molar-refractivity contribution in [2.24, 2.45) is 17.8 Å². The fourth-order valence-electron chi connectivity index (χ4n) is 4.43. The molecule has 102 valence electrons. The van der Waals surface area contributed by atoms with Crippen molar-refractivity contribution in [3.63, 3.8) is 0 Å². The van der Waals surface area contributed by atoms with E-state index in [0.717, 1.165) is 12.0 Å². The van der Waals surface area contributed by atoms with E-state index in [0.29, 0.717) is 23.8 Å². The maximum atomic E-state index is 12.3. The molecule has 4 rings (SSSR count). The third kappa shape index (κ3) is 1.28.